The fourth-order valence-corrected chi connectivity index (χ4v) is 5.19. The largest absolute Gasteiger partial charge is 0.354 e. The quantitative estimate of drug-likeness (QED) is 0.607. The fourth-order valence-electron chi connectivity index (χ4n) is 5.19. The lowest BCUT2D eigenvalue weighted by molar-refractivity contribution is 0.148. The van der Waals surface area contributed by atoms with Gasteiger partial charge in [-0.25, -0.2) is 4.98 Å². The van der Waals surface area contributed by atoms with Gasteiger partial charge in [0, 0.05) is 68.7 Å². The van der Waals surface area contributed by atoms with Gasteiger partial charge in [-0.05, 0) is 37.9 Å². The van der Waals surface area contributed by atoms with E-state index in [4.69, 9.17) is 4.98 Å². The summed E-state index contributed by atoms with van der Waals surface area (Å²) in [5, 5.41) is 4.44. The fraction of sp³-hybridized carbons (Fsp3) is 0.538. The van der Waals surface area contributed by atoms with Gasteiger partial charge in [-0.15, -0.1) is 0 Å². The molecule has 6 nitrogen and oxygen atoms in total. The Bertz CT molecular complexity index is 1030. The molecule has 2 aliphatic rings. The molecule has 32 heavy (non-hydrogen) atoms. The smallest absolute Gasteiger partial charge is 0.224 e. The van der Waals surface area contributed by atoms with E-state index in [2.05, 4.69) is 69.1 Å². The van der Waals surface area contributed by atoms with Crippen LogP contribution in [0.15, 0.2) is 36.7 Å². The van der Waals surface area contributed by atoms with Crippen LogP contribution < -0.4 is 5.32 Å². The van der Waals surface area contributed by atoms with Crippen molar-refractivity contribution in [2.75, 3.05) is 45.1 Å². The van der Waals surface area contributed by atoms with Gasteiger partial charge in [0.05, 0.1) is 0 Å². The predicted molar refractivity (Wildman–Crippen MR) is 132 cm³/mol. The highest BCUT2D eigenvalue weighted by atomic mass is 15.2. The summed E-state index contributed by atoms with van der Waals surface area (Å²) in [5.74, 6) is 0.726. The second-order valence-corrected chi connectivity index (χ2v) is 9.48. The van der Waals surface area contributed by atoms with Crippen LogP contribution in [0, 0.1) is 0 Å². The lowest BCUT2D eigenvalue weighted by Crippen LogP contribution is -2.43. The van der Waals surface area contributed by atoms with Crippen molar-refractivity contribution in [3.05, 3.63) is 42.2 Å². The molecule has 3 heterocycles. The molecule has 0 amide bonds. The van der Waals surface area contributed by atoms with E-state index in [1.165, 1.54) is 48.8 Å². The van der Waals surface area contributed by atoms with Gasteiger partial charge in [-0.3, -0.25) is 4.90 Å². The monoisotopic (exact) mass is 432 g/mol. The van der Waals surface area contributed by atoms with Crippen LogP contribution in [0.3, 0.4) is 0 Å². The Kier molecular flexibility index (Phi) is 6.42. The molecule has 0 spiro atoms. The Hall–Kier alpha value is -2.44. The molecular formula is C26H36N6. The molecule has 1 saturated carbocycles. The first-order chi connectivity index (χ1) is 15.7. The van der Waals surface area contributed by atoms with Gasteiger partial charge < -0.3 is 14.8 Å². The van der Waals surface area contributed by atoms with Crippen molar-refractivity contribution < 1.29 is 0 Å². The first-order valence-corrected chi connectivity index (χ1v) is 12.3. The van der Waals surface area contributed by atoms with Gasteiger partial charge in [0.1, 0.15) is 5.65 Å². The van der Waals surface area contributed by atoms with Crippen LogP contribution in [0.25, 0.3) is 22.2 Å². The summed E-state index contributed by atoms with van der Waals surface area (Å²) < 4.78 is 2.44. The van der Waals surface area contributed by atoms with Crippen molar-refractivity contribution in [2.45, 2.75) is 51.6 Å². The van der Waals surface area contributed by atoms with E-state index < -0.39 is 0 Å². The third-order valence-corrected chi connectivity index (χ3v) is 7.14. The van der Waals surface area contributed by atoms with Gasteiger partial charge >= 0.3 is 0 Å². The van der Waals surface area contributed by atoms with E-state index in [0.717, 1.165) is 56.3 Å². The van der Waals surface area contributed by atoms with Gasteiger partial charge in [0.15, 0.2) is 0 Å². The summed E-state index contributed by atoms with van der Waals surface area (Å²) in [6, 6.07) is 9.70. The van der Waals surface area contributed by atoms with E-state index in [1.54, 1.807) is 0 Å². The normalized spacial score (nSPS) is 18.9. The van der Waals surface area contributed by atoms with E-state index in [0.29, 0.717) is 6.04 Å². The molecule has 1 aliphatic heterocycles. The lowest BCUT2D eigenvalue weighted by Gasteiger charge is -2.32. The summed E-state index contributed by atoms with van der Waals surface area (Å²) in [4.78, 5) is 14.5. The van der Waals surface area contributed by atoms with Crippen molar-refractivity contribution in [2.24, 2.45) is 0 Å². The minimum atomic E-state index is 0.542. The van der Waals surface area contributed by atoms with Crippen LogP contribution in [0.5, 0.6) is 0 Å². The van der Waals surface area contributed by atoms with Gasteiger partial charge in [-0.2, -0.15) is 4.98 Å². The lowest BCUT2D eigenvalue weighted by atomic mass is 9.95. The summed E-state index contributed by atoms with van der Waals surface area (Å²) in [6.45, 7) is 8.58. The average Bonchev–Trinajstić information content (AvgIpc) is 3.21. The zero-order valence-corrected chi connectivity index (χ0v) is 19.6. The zero-order valence-electron chi connectivity index (χ0n) is 19.6. The van der Waals surface area contributed by atoms with Crippen LogP contribution >= 0.6 is 0 Å². The molecule has 0 radical (unpaired) electrons. The molecule has 0 bridgehead atoms. The Morgan fingerprint density at radius 3 is 2.47 bits per heavy atom. The van der Waals surface area contributed by atoms with Crippen LogP contribution in [-0.2, 0) is 6.54 Å². The SMILES string of the molecule is CCNc1ncc2c(-c3ccc(CN4CCN(C)CC4)cc3)cn(C3CCCCC3)c2n1. The maximum Gasteiger partial charge on any atom is 0.224 e. The summed E-state index contributed by atoms with van der Waals surface area (Å²) in [6.07, 6.45) is 10.8. The van der Waals surface area contributed by atoms with E-state index >= 15 is 0 Å². The average molecular weight is 433 g/mol. The highest BCUT2D eigenvalue weighted by molar-refractivity contribution is 5.94. The molecular weight excluding hydrogens is 396 g/mol. The molecule has 2 fully saturated rings. The molecule has 0 unspecified atom stereocenters. The predicted octanol–water partition coefficient (Wildman–Crippen LogP) is 4.78. The molecule has 170 valence electrons. The number of nitrogens with zero attached hydrogens (tertiary/aromatic N) is 5. The molecule has 1 saturated heterocycles. The second-order valence-electron chi connectivity index (χ2n) is 9.48. The number of aromatic nitrogens is 3. The van der Waals surface area contributed by atoms with Crippen molar-refractivity contribution in [1.29, 1.82) is 0 Å². The molecule has 2 aromatic heterocycles. The molecule has 3 aromatic rings. The van der Waals surface area contributed by atoms with Crippen molar-refractivity contribution in [3.63, 3.8) is 0 Å². The van der Waals surface area contributed by atoms with Gasteiger partial charge in [0.2, 0.25) is 5.95 Å². The Balaban J connectivity index is 1.44. The standard InChI is InChI=1S/C26H36N6/c1-3-27-26-28-17-23-24(19-32(25(23)29-26)22-7-5-4-6-8-22)21-11-9-20(10-12-21)18-31-15-13-30(2)14-16-31/h9-12,17,19,22H,3-8,13-16,18H2,1-2H3,(H,27,28,29). The van der Waals surface area contributed by atoms with Gasteiger partial charge in [0.25, 0.3) is 0 Å². The van der Waals surface area contributed by atoms with Crippen molar-refractivity contribution in [1.82, 2.24) is 24.3 Å². The number of anilines is 1. The highest BCUT2D eigenvalue weighted by Gasteiger charge is 2.21. The third kappa shape index (κ3) is 4.52. The Morgan fingerprint density at radius 1 is 1.00 bits per heavy atom. The summed E-state index contributed by atoms with van der Waals surface area (Å²) in [7, 11) is 2.21. The minimum absolute atomic E-state index is 0.542. The van der Waals surface area contributed by atoms with Crippen molar-refractivity contribution in [3.8, 4) is 11.1 Å². The topological polar surface area (TPSA) is 49.2 Å². The number of piperazine rings is 1. The molecule has 6 heteroatoms. The van der Waals surface area contributed by atoms with Gasteiger partial charge in [-0.1, -0.05) is 43.5 Å². The maximum absolute atomic E-state index is 4.92. The molecule has 0 atom stereocenters. The number of benzene rings is 1. The Morgan fingerprint density at radius 2 is 1.75 bits per heavy atom. The summed E-state index contributed by atoms with van der Waals surface area (Å²) >= 11 is 0. The molecule has 1 N–H and O–H groups in total. The van der Waals surface area contributed by atoms with Crippen LogP contribution in [0.1, 0.15) is 50.6 Å². The molecule has 1 aliphatic carbocycles. The minimum Gasteiger partial charge on any atom is -0.354 e. The Labute approximate surface area is 191 Å². The first kappa shape index (κ1) is 21.4. The second kappa shape index (κ2) is 9.59. The molecule has 1 aromatic carbocycles. The summed E-state index contributed by atoms with van der Waals surface area (Å²) in [5.41, 5.74) is 4.96. The number of nitrogens with one attached hydrogen (secondary N) is 1. The van der Waals surface area contributed by atoms with E-state index in [9.17, 15) is 0 Å². The number of fused-ring (bicyclic) bond motifs is 1. The van der Waals surface area contributed by atoms with E-state index in [-0.39, 0.29) is 0 Å². The van der Waals surface area contributed by atoms with E-state index in [1.807, 2.05) is 6.20 Å². The molecule has 5 rings (SSSR count). The van der Waals surface area contributed by atoms with Crippen molar-refractivity contribution >= 4 is 17.0 Å². The number of likely N-dealkylation sites (N-methyl/N-ethyl adjacent to an activating group) is 1. The van der Waals surface area contributed by atoms with Crippen LogP contribution in [0.4, 0.5) is 5.95 Å². The number of rotatable bonds is 6. The third-order valence-electron chi connectivity index (χ3n) is 7.14. The number of hydrogen-bond donors (Lipinski definition) is 1. The maximum atomic E-state index is 4.92. The first-order valence-electron chi connectivity index (χ1n) is 12.3. The highest BCUT2D eigenvalue weighted by Crippen LogP contribution is 2.36. The van der Waals surface area contributed by atoms with Crippen LogP contribution in [-0.4, -0.2) is 64.1 Å². The zero-order chi connectivity index (χ0) is 21.9. The van der Waals surface area contributed by atoms with Crippen LogP contribution in [0.2, 0.25) is 0 Å². The number of hydrogen-bond acceptors (Lipinski definition) is 5.